The van der Waals surface area contributed by atoms with E-state index in [1.54, 1.807) is 13.0 Å². The number of nitrogens with one attached hydrogen (secondary N) is 1. The summed E-state index contributed by atoms with van der Waals surface area (Å²) >= 11 is 6.25. The zero-order chi connectivity index (χ0) is 25.2. The molecule has 184 valence electrons. The van der Waals surface area contributed by atoms with Crippen LogP contribution in [0.2, 0.25) is 5.02 Å². The van der Waals surface area contributed by atoms with Crippen molar-refractivity contribution in [1.82, 2.24) is 0 Å². The Kier molecular flexibility index (Phi) is 8.02. The molecule has 3 N–H and O–H groups in total. The summed E-state index contributed by atoms with van der Waals surface area (Å²) in [6.07, 6.45) is 3.43. The number of nitrogens with zero attached hydrogens (tertiary/aromatic N) is 1. The van der Waals surface area contributed by atoms with E-state index >= 15 is 0 Å². The van der Waals surface area contributed by atoms with E-state index in [1.807, 2.05) is 25.1 Å². The normalized spacial score (nSPS) is 20.8. The lowest BCUT2D eigenvalue weighted by atomic mass is 9.78. The van der Waals surface area contributed by atoms with Gasteiger partial charge in [-0.15, -0.1) is 0 Å². The van der Waals surface area contributed by atoms with E-state index in [4.69, 9.17) is 25.9 Å². The summed E-state index contributed by atoms with van der Waals surface area (Å²) in [7, 11) is -3.67. The maximum Gasteiger partial charge on any atom is 0.305 e. The quantitative estimate of drug-likeness (QED) is 0.402. The highest BCUT2D eigenvalue weighted by molar-refractivity contribution is 7.85. The fourth-order valence-electron chi connectivity index (χ4n) is 4.41. The highest BCUT2D eigenvalue weighted by Crippen LogP contribution is 2.46. The van der Waals surface area contributed by atoms with Gasteiger partial charge in [0.05, 0.1) is 24.6 Å². The van der Waals surface area contributed by atoms with Crippen LogP contribution in [0.25, 0.3) is 5.57 Å². The van der Waals surface area contributed by atoms with Crippen LogP contribution in [0.15, 0.2) is 51.7 Å². The Hall–Kier alpha value is -2.46. The Morgan fingerprint density at radius 3 is 2.59 bits per heavy atom. The largest absolute Gasteiger partial charge is 0.466 e. The molecule has 2 unspecified atom stereocenters. The van der Waals surface area contributed by atoms with Gasteiger partial charge in [-0.05, 0) is 74.6 Å². The third-order valence-electron chi connectivity index (χ3n) is 5.75. The Bertz CT molecular complexity index is 1220. The van der Waals surface area contributed by atoms with Crippen LogP contribution in [0, 0.1) is 0 Å². The van der Waals surface area contributed by atoms with Crippen molar-refractivity contribution in [3.63, 3.8) is 0 Å². The second kappa shape index (κ2) is 10.4. The van der Waals surface area contributed by atoms with Gasteiger partial charge in [-0.25, -0.2) is 0 Å². The van der Waals surface area contributed by atoms with Crippen LogP contribution in [-0.2, 0) is 19.6 Å². The summed E-state index contributed by atoms with van der Waals surface area (Å²) in [5.74, 6) is -0.196. The van der Waals surface area contributed by atoms with Gasteiger partial charge in [-0.3, -0.25) is 14.3 Å². The summed E-state index contributed by atoms with van der Waals surface area (Å²) in [4.78, 5) is 16.5. The van der Waals surface area contributed by atoms with Crippen molar-refractivity contribution in [2.75, 3.05) is 18.2 Å². The first-order chi connectivity index (χ1) is 15.9. The number of ether oxygens (including phenoxy) is 1. The highest BCUT2D eigenvalue weighted by Gasteiger charge is 2.39. The second-order valence-corrected chi connectivity index (χ2v) is 10.3. The molecular formula is C24H29ClN2O6S. The van der Waals surface area contributed by atoms with Gasteiger partial charge in [0.15, 0.2) is 0 Å². The maximum atomic E-state index is 11.6. The molecule has 0 radical (unpaired) electrons. The summed E-state index contributed by atoms with van der Waals surface area (Å²) < 4.78 is 30.9. The van der Waals surface area contributed by atoms with Crippen molar-refractivity contribution in [3.8, 4) is 0 Å². The zero-order valence-corrected chi connectivity index (χ0v) is 21.1. The minimum absolute atomic E-state index is 0.0193. The predicted octanol–water partition coefficient (Wildman–Crippen LogP) is 4.17. The lowest BCUT2D eigenvalue weighted by Crippen LogP contribution is -2.33. The molecule has 34 heavy (non-hydrogen) atoms. The molecule has 2 aliphatic heterocycles. The molecule has 3 aliphatic rings. The number of anilines is 1. The number of hydrogen-bond acceptors (Lipinski definition) is 7. The molecule has 8 nitrogen and oxygen atoms in total. The molecule has 4 rings (SSSR count). The van der Waals surface area contributed by atoms with E-state index in [0.29, 0.717) is 37.1 Å². The minimum atomic E-state index is -3.67. The third kappa shape index (κ3) is 5.96. The van der Waals surface area contributed by atoms with E-state index < -0.39 is 16.2 Å². The molecular weight excluding hydrogens is 480 g/mol. The number of carbonyl (C=O) groups is 1. The topological polar surface area (TPSA) is 125 Å². The average molecular weight is 509 g/mol. The Balaban J connectivity index is 0.000000588. The molecule has 10 heteroatoms. The maximum absolute atomic E-state index is 11.6. The average Bonchev–Trinajstić information content (AvgIpc) is 3.10. The van der Waals surface area contributed by atoms with E-state index in [2.05, 4.69) is 12.2 Å². The van der Waals surface area contributed by atoms with Crippen LogP contribution in [0.5, 0.6) is 0 Å². The molecule has 2 heterocycles. The summed E-state index contributed by atoms with van der Waals surface area (Å²) in [6, 6.07) is 5.88. The Morgan fingerprint density at radius 2 is 1.94 bits per heavy atom. The summed E-state index contributed by atoms with van der Waals surface area (Å²) in [5.41, 5.74) is 7.96. The molecule has 0 saturated carbocycles. The predicted molar refractivity (Wildman–Crippen MR) is 134 cm³/mol. The number of carbonyl (C=O) groups excluding carboxylic acids is 1. The van der Waals surface area contributed by atoms with Crippen molar-refractivity contribution in [2.24, 2.45) is 4.99 Å². The number of fused-ring (bicyclic) bond motifs is 4. The monoisotopic (exact) mass is 508 g/mol. The van der Waals surface area contributed by atoms with Gasteiger partial charge in [0.25, 0.3) is 10.1 Å². The van der Waals surface area contributed by atoms with Gasteiger partial charge in [0.2, 0.25) is 0 Å². The van der Waals surface area contributed by atoms with Crippen LogP contribution in [0.1, 0.15) is 45.6 Å². The molecule has 0 aromatic heterocycles. The molecule has 0 amide bonds. The van der Waals surface area contributed by atoms with Gasteiger partial charge in [-0.2, -0.15) is 8.42 Å². The van der Waals surface area contributed by atoms with Crippen LogP contribution < -0.4 is 5.32 Å². The fraction of sp³-hybridized carbons (Fsp3) is 0.417. The highest BCUT2D eigenvalue weighted by atomic mass is 35.5. The number of halogens is 1. The lowest BCUT2D eigenvalue weighted by Gasteiger charge is -2.32. The van der Waals surface area contributed by atoms with E-state index in [1.165, 1.54) is 5.57 Å². The number of allylic oxidation sites excluding steroid dienone is 2. The fourth-order valence-corrected chi connectivity index (χ4v) is 4.59. The molecule has 1 aromatic rings. The third-order valence-corrected chi connectivity index (χ3v) is 5.99. The van der Waals surface area contributed by atoms with Gasteiger partial charge < -0.3 is 15.2 Å². The standard InChI is InChI=1S/C23H25ClN2O3.CH4O3S/c1-4-29-19(28)7-5-6-15-11-18(27)21-13(3)22-20(12(2)23(21)25-15)16-10-14(24)8-9-17(16)26-22;1-5(2,3)4/h8-11,18,22,26-27H,4-7H2,1-3H3;1H3,(H,2,3,4). The Morgan fingerprint density at radius 1 is 1.26 bits per heavy atom. The number of aliphatic imine (C=N–C) groups is 1. The van der Waals surface area contributed by atoms with Crippen LogP contribution in [0.3, 0.4) is 0 Å². The van der Waals surface area contributed by atoms with Crippen molar-refractivity contribution in [3.05, 3.63) is 57.3 Å². The number of rotatable bonds is 5. The molecule has 0 fully saturated rings. The molecule has 1 aliphatic carbocycles. The van der Waals surface area contributed by atoms with E-state index in [-0.39, 0.29) is 12.0 Å². The van der Waals surface area contributed by atoms with Gasteiger partial charge in [0, 0.05) is 34.0 Å². The number of aliphatic hydroxyl groups excluding tert-OH is 1. The summed E-state index contributed by atoms with van der Waals surface area (Å²) in [5, 5.41) is 15.1. The molecule has 2 atom stereocenters. The molecule has 0 saturated heterocycles. The molecule has 0 bridgehead atoms. The smallest absolute Gasteiger partial charge is 0.305 e. The number of benzene rings is 1. The zero-order valence-electron chi connectivity index (χ0n) is 19.6. The van der Waals surface area contributed by atoms with E-state index in [0.717, 1.165) is 39.4 Å². The minimum Gasteiger partial charge on any atom is -0.466 e. The van der Waals surface area contributed by atoms with Crippen molar-refractivity contribution in [1.29, 1.82) is 0 Å². The summed E-state index contributed by atoms with van der Waals surface area (Å²) in [6.45, 7) is 6.30. The van der Waals surface area contributed by atoms with Crippen molar-refractivity contribution >= 4 is 44.7 Å². The van der Waals surface area contributed by atoms with Crippen LogP contribution in [-0.4, -0.2) is 54.8 Å². The van der Waals surface area contributed by atoms with Crippen molar-refractivity contribution in [2.45, 2.75) is 52.2 Å². The van der Waals surface area contributed by atoms with Gasteiger partial charge in [-0.1, -0.05) is 11.6 Å². The van der Waals surface area contributed by atoms with Crippen molar-refractivity contribution < 1.29 is 27.6 Å². The number of esters is 1. The van der Waals surface area contributed by atoms with E-state index in [9.17, 15) is 18.3 Å². The van der Waals surface area contributed by atoms with Crippen LogP contribution in [0.4, 0.5) is 5.69 Å². The first-order valence-electron chi connectivity index (χ1n) is 10.9. The number of aliphatic hydroxyl groups is 1. The van der Waals surface area contributed by atoms with Crippen LogP contribution >= 0.6 is 11.6 Å². The molecule has 1 aromatic carbocycles. The number of hydrogen-bond donors (Lipinski definition) is 3. The Labute approximate surface area is 204 Å². The first kappa shape index (κ1) is 26.2. The SMILES string of the molecule is CCOC(=O)CCCC1=CC(O)C2=C(C)C3Nc4ccc(Cl)cc4C3=C(C)C2=N1.CS(=O)(=O)O. The second-order valence-electron chi connectivity index (χ2n) is 8.36. The van der Waals surface area contributed by atoms with Gasteiger partial charge >= 0.3 is 5.97 Å². The van der Waals surface area contributed by atoms with Gasteiger partial charge in [0.1, 0.15) is 6.10 Å². The first-order valence-corrected chi connectivity index (χ1v) is 13.2. The lowest BCUT2D eigenvalue weighted by molar-refractivity contribution is -0.143. The molecule has 0 spiro atoms.